The molecule has 2 aromatic rings. The van der Waals surface area contributed by atoms with Gasteiger partial charge in [0, 0.05) is 11.1 Å². The Morgan fingerprint density at radius 1 is 1.47 bits per heavy atom. The van der Waals surface area contributed by atoms with E-state index in [-0.39, 0.29) is 11.9 Å². The van der Waals surface area contributed by atoms with E-state index in [1.165, 1.54) is 6.07 Å². The maximum Gasteiger partial charge on any atom is 0.150 e. The van der Waals surface area contributed by atoms with Gasteiger partial charge in [0.1, 0.15) is 11.3 Å². The van der Waals surface area contributed by atoms with Crippen molar-refractivity contribution in [3.63, 3.8) is 0 Å². The van der Waals surface area contributed by atoms with Crippen molar-refractivity contribution in [1.82, 2.24) is 9.55 Å². The van der Waals surface area contributed by atoms with Crippen LogP contribution in [-0.4, -0.2) is 22.8 Å². The lowest BCUT2D eigenvalue weighted by Crippen LogP contribution is -2.20. The van der Waals surface area contributed by atoms with E-state index in [4.69, 9.17) is 4.74 Å². The Kier molecular flexibility index (Phi) is 2.88. The maximum atomic E-state index is 14.0. The fourth-order valence-corrected chi connectivity index (χ4v) is 2.73. The summed E-state index contributed by atoms with van der Waals surface area (Å²) in [5, 5.41) is 0. The molecule has 1 aliphatic rings. The number of fused-ring (bicyclic) bond motifs is 1. The van der Waals surface area contributed by atoms with Gasteiger partial charge in [0.15, 0.2) is 0 Å². The zero-order chi connectivity index (χ0) is 11.8. The summed E-state index contributed by atoms with van der Waals surface area (Å²) in [7, 11) is 0. The minimum absolute atomic E-state index is 0.199. The summed E-state index contributed by atoms with van der Waals surface area (Å²) in [4.78, 5) is 4.25. The Morgan fingerprint density at radius 2 is 2.35 bits per heavy atom. The Bertz CT molecular complexity index is 549. The number of nitrogens with zero attached hydrogens (tertiary/aromatic N) is 2. The van der Waals surface area contributed by atoms with Crippen molar-refractivity contribution in [2.45, 2.75) is 18.9 Å². The van der Waals surface area contributed by atoms with Gasteiger partial charge in [-0.25, -0.2) is 9.37 Å². The largest absolute Gasteiger partial charge is 0.379 e. The molecular formula is C12H12BrFN2O. The molecule has 1 saturated heterocycles. The predicted molar refractivity (Wildman–Crippen MR) is 66.5 cm³/mol. The van der Waals surface area contributed by atoms with Gasteiger partial charge in [-0.05, 0) is 25.0 Å². The van der Waals surface area contributed by atoms with E-state index in [2.05, 4.69) is 20.9 Å². The van der Waals surface area contributed by atoms with E-state index in [0.29, 0.717) is 22.1 Å². The molecule has 0 unspecified atom stereocenters. The van der Waals surface area contributed by atoms with E-state index in [1.807, 2.05) is 10.6 Å². The van der Waals surface area contributed by atoms with Crippen LogP contribution >= 0.6 is 15.9 Å². The first-order valence-electron chi connectivity index (χ1n) is 5.65. The van der Waals surface area contributed by atoms with Gasteiger partial charge in [-0.15, -0.1) is 0 Å². The van der Waals surface area contributed by atoms with Gasteiger partial charge in [-0.1, -0.05) is 15.9 Å². The van der Waals surface area contributed by atoms with Crippen molar-refractivity contribution in [3.05, 3.63) is 28.7 Å². The molecule has 0 bridgehead atoms. The molecule has 5 heteroatoms. The van der Waals surface area contributed by atoms with Gasteiger partial charge in [0.2, 0.25) is 0 Å². The second-order valence-corrected chi connectivity index (χ2v) is 5.19. The van der Waals surface area contributed by atoms with E-state index in [0.717, 1.165) is 19.4 Å². The maximum absolute atomic E-state index is 14.0. The van der Waals surface area contributed by atoms with Crippen molar-refractivity contribution in [3.8, 4) is 0 Å². The van der Waals surface area contributed by atoms with Crippen molar-refractivity contribution in [2.24, 2.45) is 0 Å². The Balaban J connectivity index is 2.10. The fraction of sp³-hybridized carbons (Fsp3) is 0.417. The molecule has 2 heterocycles. The highest BCUT2D eigenvalue weighted by Gasteiger charge is 2.19. The van der Waals surface area contributed by atoms with Crippen LogP contribution in [0.3, 0.4) is 0 Å². The molecule has 3 nitrogen and oxygen atoms in total. The van der Waals surface area contributed by atoms with Gasteiger partial charge in [-0.2, -0.15) is 0 Å². The predicted octanol–water partition coefficient (Wildman–Crippen LogP) is 3.29. The molecule has 1 aromatic carbocycles. The average molecular weight is 299 g/mol. The SMILES string of the molecule is Fc1cc(Br)cc2ncn([C@H]3CCCOC3)c12. The van der Waals surface area contributed by atoms with E-state index in [1.54, 1.807) is 6.33 Å². The number of halogens is 2. The fourth-order valence-electron chi connectivity index (χ4n) is 2.31. The molecule has 0 amide bonds. The monoisotopic (exact) mass is 298 g/mol. The van der Waals surface area contributed by atoms with Crippen LogP contribution in [-0.2, 0) is 4.74 Å². The van der Waals surface area contributed by atoms with Gasteiger partial charge >= 0.3 is 0 Å². The number of ether oxygens (including phenoxy) is 1. The second kappa shape index (κ2) is 4.38. The van der Waals surface area contributed by atoms with Crippen LogP contribution in [0, 0.1) is 5.82 Å². The molecule has 3 rings (SSSR count). The quantitative estimate of drug-likeness (QED) is 0.808. The molecular weight excluding hydrogens is 287 g/mol. The van der Waals surface area contributed by atoms with Crippen LogP contribution in [0.15, 0.2) is 22.9 Å². The molecule has 1 fully saturated rings. The first-order valence-corrected chi connectivity index (χ1v) is 6.44. The first kappa shape index (κ1) is 11.2. The van der Waals surface area contributed by atoms with Crippen LogP contribution in [0.4, 0.5) is 4.39 Å². The Morgan fingerprint density at radius 3 is 3.12 bits per heavy atom. The van der Waals surface area contributed by atoms with Crippen LogP contribution < -0.4 is 0 Å². The van der Waals surface area contributed by atoms with E-state index >= 15 is 0 Å². The highest BCUT2D eigenvalue weighted by molar-refractivity contribution is 9.10. The number of rotatable bonds is 1. The molecule has 1 atom stereocenters. The lowest BCUT2D eigenvalue weighted by Gasteiger charge is -2.23. The Labute approximate surface area is 107 Å². The highest BCUT2D eigenvalue weighted by Crippen LogP contribution is 2.28. The summed E-state index contributed by atoms with van der Waals surface area (Å²) in [6, 6.07) is 3.51. The van der Waals surface area contributed by atoms with Crippen LogP contribution in [0.2, 0.25) is 0 Å². The molecule has 0 N–H and O–H groups in total. The third-order valence-electron chi connectivity index (χ3n) is 3.12. The number of benzene rings is 1. The topological polar surface area (TPSA) is 27.1 Å². The number of hydrogen-bond donors (Lipinski definition) is 0. The summed E-state index contributed by atoms with van der Waals surface area (Å²) < 4.78 is 22.0. The zero-order valence-electron chi connectivity index (χ0n) is 9.20. The smallest absolute Gasteiger partial charge is 0.150 e. The standard InChI is InChI=1S/C12H12BrFN2O/c13-8-4-10(14)12-11(5-8)15-7-16(12)9-2-1-3-17-6-9/h4-5,7,9H,1-3,6H2/t9-/m0/s1. The van der Waals surface area contributed by atoms with E-state index < -0.39 is 0 Å². The van der Waals surface area contributed by atoms with Crippen molar-refractivity contribution in [1.29, 1.82) is 0 Å². The summed E-state index contributed by atoms with van der Waals surface area (Å²) in [5.74, 6) is -0.238. The molecule has 1 aliphatic heterocycles. The first-order chi connectivity index (χ1) is 8.25. The number of hydrogen-bond acceptors (Lipinski definition) is 2. The summed E-state index contributed by atoms with van der Waals surface area (Å²) in [6.45, 7) is 1.44. The third-order valence-corrected chi connectivity index (χ3v) is 3.57. The van der Waals surface area contributed by atoms with Crippen LogP contribution in [0.5, 0.6) is 0 Å². The van der Waals surface area contributed by atoms with Crippen molar-refractivity contribution < 1.29 is 9.13 Å². The summed E-state index contributed by atoms with van der Waals surface area (Å²) in [5.41, 5.74) is 1.26. The van der Waals surface area contributed by atoms with Gasteiger partial charge in [-0.3, -0.25) is 0 Å². The third kappa shape index (κ3) is 1.98. The molecule has 0 spiro atoms. The van der Waals surface area contributed by atoms with Crippen LogP contribution in [0.25, 0.3) is 11.0 Å². The zero-order valence-corrected chi connectivity index (χ0v) is 10.8. The van der Waals surface area contributed by atoms with E-state index in [9.17, 15) is 4.39 Å². The molecule has 0 aliphatic carbocycles. The lowest BCUT2D eigenvalue weighted by atomic mass is 10.1. The molecule has 17 heavy (non-hydrogen) atoms. The minimum atomic E-state index is -0.238. The highest BCUT2D eigenvalue weighted by atomic mass is 79.9. The van der Waals surface area contributed by atoms with Crippen molar-refractivity contribution >= 4 is 27.0 Å². The Hall–Kier alpha value is -0.940. The normalized spacial score (nSPS) is 20.9. The minimum Gasteiger partial charge on any atom is -0.379 e. The molecule has 0 saturated carbocycles. The van der Waals surface area contributed by atoms with Gasteiger partial charge in [0.05, 0.1) is 24.5 Å². The van der Waals surface area contributed by atoms with Crippen molar-refractivity contribution in [2.75, 3.05) is 13.2 Å². The van der Waals surface area contributed by atoms with Gasteiger partial charge in [0.25, 0.3) is 0 Å². The number of aromatic nitrogens is 2. The average Bonchev–Trinajstić information content (AvgIpc) is 2.74. The van der Waals surface area contributed by atoms with Crippen LogP contribution in [0.1, 0.15) is 18.9 Å². The molecule has 0 radical (unpaired) electrons. The second-order valence-electron chi connectivity index (χ2n) is 4.28. The lowest BCUT2D eigenvalue weighted by molar-refractivity contribution is 0.0603. The summed E-state index contributed by atoms with van der Waals surface area (Å²) in [6.07, 6.45) is 3.74. The molecule has 90 valence electrons. The number of imidazole rings is 1. The van der Waals surface area contributed by atoms with Gasteiger partial charge < -0.3 is 9.30 Å². The summed E-state index contributed by atoms with van der Waals surface area (Å²) >= 11 is 3.27. The molecule has 1 aromatic heterocycles.